The van der Waals surface area contributed by atoms with Gasteiger partial charge in [0.1, 0.15) is 5.69 Å². The Bertz CT molecular complexity index is 579. The highest BCUT2D eigenvalue weighted by Gasteiger charge is 2.14. The second-order valence-corrected chi connectivity index (χ2v) is 4.27. The smallest absolute Gasteiger partial charge is 0.188 e. The van der Waals surface area contributed by atoms with Gasteiger partial charge in [-0.1, -0.05) is 37.2 Å². The number of oxime groups is 1. The molecule has 0 radical (unpaired) electrons. The molecule has 3 N–H and O–H groups in total. The van der Waals surface area contributed by atoms with Crippen molar-refractivity contribution in [3.05, 3.63) is 47.5 Å². The number of imidazole rings is 1. The molecule has 0 amide bonds. The molecular weight excluding hydrogens is 240 g/mol. The van der Waals surface area contributed by atoms with Crippen LogP contribution in [0.2, 0.25) is 0 Å². The summed E-state index contributed by atoms with van der Waals surface area (Å²) in [4.78, 5) is 4.11. The molecule has 5 heteroatoms. The van der Waals surface area contributed by atoms with Crippen LogP contribution in [0, 0.1) is 0 Å². The van der Waals surface area contributed by atoms with E-state index < -0.39 is 0 Å². The molecule has 0 aliphatic rings. The average molecular weight is 258 g/mol. The molecule has 0 unspecified atom stereocenters. The highest BCUT2D eigenvalue weighted by atomic mass is 16.4. The van der Waals surface area contributed by atoms with E-state index in [4.69, 9.17) is 10.9 Å². The minimum Gasteiger partial charge on any atom is -0.409 e. The van der Waals surface area contributed by atoms with E-state index in [1.807, 2.05) is 4.57 Å². The monoisotopic (exact) mass is 258 g/mol. The molecular formula is C14H18N4O. The molecule has 0 saturated carbocycles. The van der Waals surface area contributed by atoms with E-state index in [9.17, 15) is 0 Å². The Morgan fingerprint density at radius 1 is 1.32 bits per heavy atom. The predicted molar refractivity (Wildman–Crippen MR) is 74.8 cm³/mol. The van der Waals surface area contributed by atoms with Crippen LogP contribution in [0.5, 0.6) is 0 Å². The fourth-order valence-electron chi connectivity index (χ4n) is 2.24. The third-order valence-corrected chi connectivity index (χ3v) is 3.21. The van der Waals surface area contributed by atoms with Crippen molar-refractivity contribution in [2.24, 2.45) is 10.9 Å². The number of para-hydroxylation sites is 1. The van der Waals surface area contributed by atoms with Crippen molar-refractivity contribution in [1.82, 2.24) is 9.55 Å². The minimum atomic E-state index is 0.0606. The molecule has 19 heavy (non-hydrogen) atoms. The van der Waals surface area contributed by atoms with Crippen molar-refractivity contribution < 1.29 is 5.21 Å². The summed E-state index contributed by atoms with van der Waals surface area (Å²) in [6, 6.07) is 6.23. The van der Waals surface area contributed by atoms with E-state index in [0.717, 1.165) is 18.5 Å². The van der Waals surface area contributed by atoms with Gasteiger partial charge in [0.05, 0.1) is 18.2 Å². The Kier molecular flexibility index (Phi) is 3.85. The number of hydrogen-bond donors (Lipinski definition) is 2. The zero-order valence-electron chi connectivity index (χ0n) is 11.2. The topological polar surface area (TPSA) is 76.4 Å². The van der Waals surface area contributed by atoms with Gasteiger partial charge in [0.15, 0.2) is 5.84 Å². The molecule has 2 rings (SSSR count). The van der Waals surface area contributed by atoms with Gasteiger partial charge in [0, 0.05) is 0 Å². The van der Waals surface area contributed by atoms with Crippen molar-refractivity contribution in [2.75, 3.05) is 0 Å². The van der Waals surface area contributed by atoms with Crippen LogP contribution in [-0.4, -0.2) is 20.6 Å². The van der Waals surface area contributed by atoms with E-state index >= 15 is 0 Å². The van der Waals surface area contributed by atoms with E-state index in [1.54, 1.807) is 12.5 Å². The van der Waals surface area contributed by atoms with Crippen LogP contribution in [0.4, 0.5) is 0 Å². The molecule has 0 fully saturated rings. The van der Waals surface area contributed by atoms with Crippen molar-refractivity contribution in [1.29, 1.82) is 0 Å². The maximum Gasteiger partial charge on any atom is 0.188 e. The number of amidine groups is 1. The summed E-state index contributed by atoms with van der Waals surface area (Å²) in [5.41, 5.74) is 9.79. The quantitative estimate of drug-likeness (QED) is 0.381. The second kappa shape index (κ2) is 5.56. The summed E-state index contributed by atoms with van der Waals surface area (Å²) in [5, 5.41) is 11.9. The van der Waals surface area contributed by atoms with Gasteiger partial charge in [-0.2, -0.15) is 0 Å². The Hall–Kier alpha value is -2.30. The predicted octanol–water partition coefficient (Wildman–Crippen LogP) is 2.09. The molecule has 0 bridgehead atoms. The number of rotatable bonds is 4. The largest absolute Gasteiger partial charge is 0.409 e. The Balaban J connectivity index is 2.68. The highest BCUT2D eigenvalue weighted by Crippen LogP contribution is 2.22. The molecule has 5 nitrogen and oxygen atoms in total. The molecule has 0 saturated heterocycles. The standard InChI is InChI=1S/C14H18N4O/c1-3-10-6-5-7-11(4-2)13(10)18-9-16-8-12(18)14(15)17-19/h5-9,19H,3-4H2,1-2H3,(H2,15,17). The van der Waals surface area contributed by atoms with Crippen molar-refractivity contribution >= 4 is 5.84 Å². The summed E-state index contributed by atoms with van der Waals surface area (Å²) < 4.78 is 1.88. The number of aryl methyl sites for hydroxylation is 2. The normalized spacial score (nSPS) is 11.8. The number of benzene rings is 1. The van der Waals surface area contributed by atoms with Crippen LogP contribution in [0.25, 0.3) is 5.69 Å². The van der Waals surface area contributed by atoms with E-state index in [1.165, 1.54) is 11.1 Å². The Labute approximate surface area is 112 Å². The molecule has 1 aromatic carbocycles. The van der Waals surface area contributed by atoms with E-state index in [0.29, 0.717) is 5.69 Å². The fourth-order valence-corrected chi connectivity index (χ4v) is 2.24. The zero-order chi connectivity index (χ0) is 13.8. The molecule has 100 valence electrons. The summed E-state index contributed by atoms with van der Waals surface area (Å²) >= 11 is 0. The van der Waals surface area contributed by atoms with Gasteiger partial charge in [-0.25, -0.2) is 4.98 Å². The second-order valence-electron chi connectivity index (χ2n) is 4.27. The van der Waals surface area contributed by atoms with Gasteiger partial charge in [-0.15, -0.1) is 0 Å². The lowest BCUT2D eigenvalue weighted by molar-refractivity contribution is 0.318. The lowest BCUT2D eigenvalue weighted by Gasteiger charge is -2.16. The molecule has 1 aromatic heterocycles. The van der Waals surface area contributed by atoms with Crippen LogP contribution in [0.1, 0.15) is 30.7 Å². The summed E-state index contributed by atoms with van der Waals surface area (Å²) in [6.45, 7) is 4.22. The average Bonchev–Trinajstić information content (AvgIpc) is 2.94. The van der Waals surface area contributed by atoms with Gasteiger partial charge in [0.25, 0.3) is 0 Å². The first-order chi connectivity index (χ1) is 9.22. The van der Waals surface area contributed by atoms with Crippen molar-refractivity contribution in [3.63, 3.8) is 0 Å². The zero-order valence-corrected chi connectivity index (χ0v) is 11.2. The lowest BCUT2D eigenvalue weighted by atomic mass is 10.0. The van der Waals surface area contributed by atoms with Crippen LogP contribution in [0.3, 0.4) is 0 Å². The molecule has 0 spiro atoms. The van der Waals surface area contributed by atoms with Gasteiger partial charge < -0.3 is 10.9 Å². The van der Waals surface area contributed by atoms with E-state index in [2.05, 4.69) is 42.2 Å². The SMILES string of the molecule is CCc1cccc(CC)c1-n1cncc1C(N)=NO. The fraction of sp³-hybridized carbons (Fsp3) is 0.286. The number of nitrogens with two attached hydrogens (primary N) is 1. The van der Waals surface area contributed by atoms with Crippen molar-refractivity contribution in [3.8, 4) is 5.69 Å². The molecule has 1 heterocycles. The first kappa shape index (κ1) is 13.1. The maximum atomic E-state index is 8.85. The Morgan fingerprint density at radius 2 is 1.95 bits per heavy atom. The Morgan fingerprint density at radius 3 is 2.47 bits per heavy atom. The summed E-state index contributed by atoms with van der Waals surface area (Å²) in [7, 11) is 0. The first-order valence-electron chi connectivity index (χ1n) is 6.34. The maximum absolute atomic E-state index is 8.85. The third kappa shape index (κ3) is 2.31. The third-order valence-electron chi connectivity index (χ3n) is 3.21. The molecule has 0 aliphatic heterocycles. The van der Waals surface area contributed by atoms with Gasteiger partial charge >= 0.3 is 0 Å². The van der Waals surface area contributed by atoms with Gasteiger partial charge in [-0.05, 0) is 24.0 Å². The number of nitrogens with zero attached hydrogens (tertiary/aromatic N) is 3. The molecule has 2 aromatic rings. The number of hydrogen-bond acceptors (Lipinski definition) is 3. The number of aromatic nitrogens is 2. The van der Waals surface area contributed by atoms with Crippen molar-refractivity contribution in [2.45, 2.75) is 26.7 Å². The van der Waals surface area contributed by atoms with Crippen LogP contribution in [0.15, 0.2) is 35.9 Å². The van der Waals surface area contributed by atoms with Crippen LogP contribution in [-0.2, 0) is 12.8 Å². The minimum absolute atomic E-state index is 0.0606. The van der Waals surface area contributed by atoms with Gasteiger partial charge in [-0.3, -0.25) is 4.57 Å². The summed E-state index contributed by atoms with van der Waals surface area (Å²) in [6.07, 6.45) is 5.12. The lowest BCUT2D eigenvalue weighted by Crippen LogP contribution is -2.18. The van der Waals surface area contributed by atoms with E-state index in [-0.39, 0.29) is 5.84 Å². The van der Waals surface area contributed by atoms with Crippen LogP contribution >= 0.6 is 0 Å². The highest BCUT2D eigenvalue weighted by molar-refractivity contribution is 5.96. The molecule has 0 atom stereocenters. The summed E-state index contributed by atoms with van der Waals surface area (Å²) in [5.74, 6) is 0.0606. The molecule has 0 aliphatic carbocycles. The van der Waals surface area contributed by atoms with Crippen LogP contribution < -0.4 is 5.73 Å². The first-order valence-corrected chi connectivity index (χ1v) is 6.34. The van der Waals surface area contributed by atoms with Gasteiger partial charge in [0.2, 0.25) is 0 Å².